The van der Waals surface area contributed by atoms with Gasteiger partial charge >= 0.3 is 6.18 Å². The van der Waals surface area contributed by atoms with Crippen LogP contribution in [0.2, 0.25) is 0 Å². The molecule has 0 saturated heterocycles. The first-order chi connectivity index (χ1) is 9.94. The highest BCUT2D eigenvalue weighted by atomic mass is 19.4. The summed E-state index contributed by atoms with van der Waals surface area (Å²) < 4.78 is 37.7. The van der Waals surface area contributed by atoms with Crippen LogP contribution in [0.4, 0.5) is 13.2 Å². The summed E-state index contributed by atoms with van der Waals surface area (Å²) in [4.78, 5) is 16.8. The van der Waals surface area contributed by atoms with Crippen LogP contribution in [0, 0.1) is 5.92 Å². The molecule has 1 fully saturated rings. The van der Waals surface area contributed by atoms with E-state index in [9.17, 15) is 18.0 Å². The minimum absolute atomic E-state index is 0.176. The lowest BCUT2D eigenvalue weighted by molar-refractivity contribution is -0.160. The molecule has 0 atom stereocenters. The molecule has 1 aliphatic carbocycles. The van der Waals surface area contributed by atoms with Crippen molar-refractivity contribution < 1.29 is 18.0 Å². The van der Waals surface area contributed by atoms with Crippen molar-refractivity contribution in [1.29, 1.82) is 0 Å². The first-order valence-corrected chi connectivity index (χ1v) is 6.88. The van der Waals surface area contributed by atoms with Gasteiger partial charge < -0.3 is 4.90 Å². The molecule has 0 N–H and O–H groups in total. The fraction of sp³-hybridized carbons (Fsp3) is 0.467. The van der Waals surface area contributed by atoms with Gasteiger partial charge in [0.25, 0.3) is 0 Å². The number of pyridine rings is 1. The summed E-state index contributed by atoms with van der Waals surface area (Å²) in [6, 6.07) is 3.43. The van der Waals surface area contributed by atoms with Gasteiger partial charge in [-0.1, -0.05) is 12.5 Å². The van der Waals surface area contributed by atoms with Crippen molar-refractivity contribution in [1.82, 2.24) is 9.88 Å². The van der Waals surface area contributed by atoms with Crippen molar-refractivity contribution in [2.45, 2.75) is 25.4 Å². The number of hydrogen-bond acceptors (Lipinski definition) is 2. The van der Waals surface area contributed by atoms with E-state index in [4.69, 9.17) is 0 Å². The normalized spacial score (nSPS) is 16.0. The number of halogens is 3. The minimum Gasteiger partial charge on any atom is -0.330 e. The largest absolute Gasteiger partial charge is 0.406 e. The summed E-state index contributed by atoms with van der Waals surface area (Å²) in [7, 11) is 0. The average molecular weight is 298 g/mol. The van der Waals surface area contributed by atoms with Crippen molar-refractivity contribution in [3.05, 3.63) is 36.2 Å². The number of rotatable bonds is 5. The maximum atomic E-state index is 12.6. The van der Waals surface area contributed by atoms with Gasteiger partial charge in [0.1, 0.15) is 6.54 Å². The number of nitrogens with zero attached hydrogens (tertiary/aromatic N) is 2. The standard InChI is InChI=1S/C15H17F3N2O/c16-15(17,18)11-20(10-13-3-1-4-13)14(21)7-6-12-5-2-8-19-9-12/h2,5-9,13H,1,3-4,10-11H2. The van der Waals surface area contributed by atoms with E-state index in [1.54, 1.807) is 24.5 Å². The molecule has 1 aliphatic rings. The molecule has 0 spiro atoms. The molecule has 0 unspecified atom stereocenters. The molecule has 1 saturated carbocycles. The van der Waals surface area contributed by atoms with Crippen LogP contribution >= 0.6 is 0 Å². The molecule has 1 aromatic heterocycles. The van der Waals surface area contributed by atoms with Crippen LogP contribution in [0.3, 0.4) is 0 Å². The van der Waals surface area contributed by atoms with E-state index in [1.807, 2.05) is 0 Å². The first-order valence-electron chi connectivity index (χ1n) is 6.88. The van der Waals surface area contributed by atoms with E-state index >= 15 is 0 Å². The molecule has 0 radical (unpaired) electrons. The molecule has 6 heteroatoms. The molecule has 3 nitrogen and oxygen atoms in total. The summed E-state index contributed by atoms with van der Waals surface area (Å²) in [6.45, 7) is -1.02. The van der Waals surface area contributed by atoms with Crippen LogP contribution in [0.15, 0.2) is 30.6 Å². The van der Waals surface area contributed by atoms with Crippen LogP contribution in [-0.4, -0.2) is 35.1 Å². The lowest BCUT2D eigenvalue weighted by Crippen LogP contribution is -2.42. The van der Waals surface area contributed by atoms with E-state index in [1.165, 1.54) is 12.2 Å². The minimum atomic E-state index is -4.37. The van der Waals surface area contributed by atoms with Gasteiger partial charge in [-0.2, -0.15) is 13.2 Å². The third-order valence-electron chi connectivity index (χ3n) is 3.49. The summed E-state index contributed by atoms with van der Waals surface area (Å²) in [6.07, 6.45) is 4.25. The second kappa shape index (κ2) is 6.74. The number of amides is 1. The fourth-order valence-electron chi connectivity index (χ4n) is 2.18. The Morgan fingerprint density at radius 1 is 1.43 bits per heavy atom. The Kier molecular flexibility index (Phi) is 4.98. The van der Waals surface area contributed by atoms with Crippen molar-refractivity contribution in [2.24, 2.45) is 5.92 Å². The highest BCUT2D eigenvalue weighted by Gasteiger charge is 2.34. The van der Waals surface area contributed by atoms with Gasteiger partial charge in [-0.3, -0.25) is 9.78 Å². The maximum Gasteiger partial charge on any atom is 0.406 e. The van der Waals surface area contributed by atoms with Crippen LogP contribution in [-0.2, 0) is 4.79 Å². The smallest absolute Gasteiger partial charge is 0.330 e. The Bertz CT molecular complexity index is 495. The topological polar surface area (TPSA) is 33.2 Å². The number of carbonyl (C=O) groups excluding carboxylic acids is 1. The summed E-state index contributed by atoms with van der Waals surface area (Å²) >= 11 is 0. The van der Waals surface area contributed by atoms with Gasteiger partial charge in [0.05, 0.1) is 0 Å². The lowest BCUT2D eigenvalue weighted by atomic mass is 9.85. The van der Waals surface area contributed by atoms with Crippen LogP contribution in [0.5, 0.6) is 0 Å². The van der Waals surface area contributed by atoms with Crippen molar-refractivity contribution >= 4 is 12.0 Å². The van der Waals surface area contributed by atoms with Crippen molar-refractivity contribution in [3.8, 4) is 0 Å². The van der Waals surface area contributed by atoms with E-state index in [0.717, 1.165) is 24.2 Å². The van der Waals surface area contributed by atoms with Crippen LogP contribution in [0.25, 0.3) is 6.08 Å². The molecule has 21 heavy (non-hydrogen) atoms. The van der Waals surface area contributed by atoms with Gasteiger partial charge in [-0.15, -0.1) is 0 Å². The SMILES string of the molecule is O=C(C=Cc1cccnc1)N(CC1CCC1)CC(F)(F)F. The van der Waals surface area contributed by atoms with E-state index < -0.39 is 18.6 Å². The Hall–Kier alpha value is -1.85. The fourth-order valence-corrected chi connectivity index (χ4v) is 2.18. The summed E-state index contributed by atoms with van der Waals surface area (Å²) in [5, 5.41) is 0. The molecular formula is C15H17F3N2O. The van der Waals surface area contributed by atoms with Gasteiger partial charge in [-0.05, 0) is 36.5 Å². The molecule has 0 aromatic carbocycles. The maximum absolute atomic E-state index is 12.6. The van der Waals surface area contributed by atoms with Crippen molar-refractivity contribution in [3.63, 3.8) is 0 Å². The highest BCUT2D eigenvalue weighted by molar-refractivity contribution is 5.91. The number of hydrogen-bond donors (Lipinski definition) is 0. The lowest BCUT2D eigenvalue weighted by Gasteiger charge is -2.32. The molecule has 114 valence electrons. The van der Waals surface area contributed by atoms with E-state index in [0.29, 0.717) is 5.56 Å². The third kappa shape index (κ3) is 5.21. The zero-order valence-electron chi connectivity index (χ0n) is 11.5. The van der Waals surface area contributed by atoms with Gasteiger partial charge in [-0.25, -0.2) is 0 Å². The van der Waals surface area contributed by atoms with E-state index in [2.05, 4.69) is 4.98 Å². The Labute approximate surface area is 121 Å². The molecule has 0 bridgehead atoms. The Balaban J connectivity index is 2.00. The predicted octanol–water partition coefficient (Wildman–Crippen LogP) is 3.29. The molecular weight excluding hydrogens is 281 g/mol. The number of alkyl halides is 3. The first kappa shape index (κ1) is 15.5. The quantitative estimate of drug-likeness (QED) is 0.782. The average Bonchev–Trinajstić information content (AvgIpc) is 2.38. The third-order valence-corrected chi connectivity index (χ3v) is 3.49. The second-order valence-corrected chi connectivity index (χ2v) is 5.25. The molecule has 1 aromatic rings. The zero-order valence-corrected chi connectivity index (χ0v) is 11.5. The second-order valence-electron chi connectivity index (χ2n) is 5.25. The van der Waals surface area contributed by atoms with Gasteiger partial charge in [0.15, 0.2) is 0 Å². The van der Waals surface area contributed by atoms with Crippen molar-refractivity contribution in [2.75, 3.05) is 13.1 Å². The predicted molar refractivity (Wildman–Crippen MR) is 73.2 cm³/mol. The molecule has 2 rings (SSSR count). The molecule has 0 aliphatic heterocycles. The molecule has 1 heterocycles. The number of carbonyl (C=O) groups is 1. The van der Waals surface area contributed by atoms with Gasteiger partial charge in [0.2, 0.25) is 5.91 Å². The molecule has 1 amide bonds. The Morgan fingerprint density at radius 2 is 2.19 bits per heavy atom. The highest BCUT2D eigenvalue weighted by Crippen LogP contribution is 2.28. The Morgan fingerprint density at radius 3 is 2.71 bits per heavy atom. The van der Waals surface area contributed by atoms with E-state index in [-0.39, 0.29) is 12.5 Å². The summed E-state index contributed by atoms with van der Waals surface area (Å²) in [5.74, 6) is -0.411. The summed E-state index contributed by atoms with van der Waals surface area (Å²) in [5.41, 5.74) is 0.682. The van der Waals surface area contributed by atoms with Gasteiger partial charge in [0, 0.05) is 25.0 Å². The van der Waals surface area contributed by atoms with Crippen LogP contribution in [0.1, 0.15) is 24.8 Å². The number of aromatic nitrogens is 1. The van der Waals surface area contributed by atoms with Crippen LogP contribution < -0.4 is 0 Å². The monoisotopic (exact) mass is 298 g/mol. The zero-order chi connectivity index (χ0) is 15.3.